The molecule has 3 unspecified atom stereocenters. The van der Waals surface area contributed by atoms with E-state index in [2.05, 4.69) is 0 Å². The number of allylic oxidation sites excluding steroid dienone is 1. The Morgan fingerprint density at radius 3 is 2.55 bits per heavy atom. The van der Waals surface area contributed by atoms with Crippen molar-refractivity contribution in [3.05, 3.63) is 71.6 Å². The van der Waals surface area contributed by atoms with E-state index in [4.69, 9.17) is 18.9 Å². The summed E-state index contributed by atoms with van der Waals surface area (Å²) in [6.45, 7) is 7.00. The maximum Gasteiger partial charge on any atom is 0.309 e. The third-order valence-electron chi connectivity index (χ3n) is 7.83. The monoisotopic (exact) mass is 580 g/mol. The third-order valence-corrected chi connectivity index (χ3v) is 7.83. The minimum atomic E-state index is -0.589. The van der Waals surface area contributed by atoms with Crippen LogP contribution in [0.25, 0.3) is 5.57 Å². The maximum atomic E-state index is 15.0. The second-order valence-electron chi connectivity index (χ2n) is 12.4. The number of halogens is 1. The van der Waals surface area contributed by atoms with Crippen LogP contribution in [0, 0.1) is 17.7 Å². The first-order chi connectivity index (χ1) is 20.2. The Kier molecular flexibility index (Phi) is 11.7. The Hall–Kier alpha value is -3.03. The number of hydrogen-bond donors (Lipinski definition) is 0. The van der Waals surface area contributed by atoms with Gasteiger partial charge in [0.1, 0.15) is 30.4 Å². The summed E-state index contributed by atoms with van der Waals surface area (Å²) in [4.78, 5) is 25.7. The number of esters is 1. The van der Waals surface area contributed by atoms with E-state index < -0.39 is 5.60 Å². The molecular weight excluding hydrogens is 535 g/mol. The Morgan fingerprint density at radius 1 is 1.00 bits per heavy atom. The molecule has 0 saturated carbocycles. The van der Waals surface area contributed by atoms with Crippen LogP contribution in [0.2, 0.25) is 0 Å². The predicted octanol–water partition coefficient (Wildman–Crippen LogP) is 7.48. The van der Waals surface area contributed by atoms with E-state index in [9.17, 15) is 9.59 Å². The molecule has 0 spiro atoms. The van der Waals surface area contributed by atoms with Crippen LogP contribution in [0.1, 0.15) is 83.3 Å². The van der Waals surface area contributed by atoms with Crippen LogP contribution in [-0.4, -0.2) is 43.3 Å². The molecule has 7 heteroatoms. The van der Waals surface area contributed by atoms with Gasteiger partial charge in [-0.2, -0.15) is 0 Å². The van der Waals surface area contributed by atoms with Crippen molar-refractivity contribution in [1.29, 1.82) is 0 Å². The molecule has 4 rings (SSSR count). The van der Waals surface area contributed by atoms with Crippen LogP contribution in [0.3, 0.4) is 0 Å². The average Bonchev–Trinajstić information content (AvgIpc) is 3.00. The van der Waals surface area contributed by atoms with Crippen molar-refractivity contribution in [2.24, 2.45) is 11.8 Å². The lowest BCUT2D eigenvalue weighted by atomic mass is 9.84. The molecule has 228 valence electrons. The second-order valence-corrected chi connectivity index (χ2v) is 12.4. The van der Waals surface area contributed by atoms with Gasteiger partial charge in [-0.25, -0.2) is 4.39 Å². The lowest BCUT2D eigenvalue weighted by Gasteiger charge is -2.31. The van der Waals surface area contributed by atoms with Crippen LogP contribution < -0.4 is 4.74 Å². The fourth-order valence-electron chi connectivity index (χ4n) is 5.62. The number of ketones is 1. The standard InChI is InChI=1S/C35H45FO6/c1-35(2,3)42-34(38)30-12-7-8-21-39-24-28(37)18-15-27(30)23-40-29-19-16-26(17-20-29)33-31(36)13-9-14-32(33)41-22-25-10-5-4-6-11-25/h4-6,9-11,13-14,16,27,29-30H,7-8,12,15,17-24H2,1-3H3. The number of carbonyl (C=O) groups is 2. The van der Waals surface area contributed by atoms with Gasteiger partial charge >= 0.3 is 5.97 Å². The predicted molar refractivity (Wildman–Crippen MR) is 160 cm³/mol. The largest absolute Gasteiger partial charge is 0.488 e. The number of Topliss-reactive ketones (excluding diaryl/α,β-unsaturated/α-hetero) is 1. The first-order valence-corrected chi connectivity index (χ1v) is 15.3. The van der Waals surface area contributed by atoms with E-state index >= 15 is 4.39 Å². The molecular formula is C35H45FO6. The molecule has 1 saturated heterocycles. The zero-order chi connectivity index (χ0) is 30.0. The van der Waals surface area contributed by atoms with E-state index in [0.717, 1.165) is 30.4 Å². The SMILES string of the molecule is CC(C)(C)OC(=O)C1CCCCOCC(=O)CCC1COC1CC=C(c2c(F)cccc2OCc2ccccc2)CC1. The molecule has 0 radical (unpaired) electrons. The highest BCUT2D eigenvalue weighted by atomic mass is 19.1. The molecule has 0 aromatic heterocycles. The van der Waals surface area contributed by atoms with E-state index in [0.29, 0.717) is 63.2 Å². The van der Waals surface area contributed by atoms with Gasteiger partial charge in [0.05, 0.1) is 24.2 Å². The zero-order valence-electron chi connectivity index (χ0n) is 25.2. The molecule has 1 fully saturated rings. The van der Waals surface area contributed by atoms with Crippen LogP contribution in [0.15, 0.2) is 54.6 Å². The molecule has 1 aliphatic carbocycles. The van der Waals surface area contributed by atoms with Gasteiger partial charge in [0, 0.05) is 13.0 Å². The summed E-state index contributed by atoms with van der Waals surface area (Å²) in [6.07, 6.45) is 7.21. The fraction of sp³-hybridized carbons (Fsp3) is 0.543. The van der Waals surface area contributed by atoms with E-state index in [1.807, 2.05) is 63.2 Å². The van der Waals surface area contributed by atoms with Crippen LogP contribution in [0.5, 0.6) is 5.75 Å². The topological polar surface area (TPSA) is 71.1 Å². The summed E-state index contributed by atoms with van der Waals surface area (Å²) in [6, 6.07) is 14.8. The minimum Gasteiger partial charge on any atom is -0.488 e. The molecule has 6 nitrogen and oxygen atoms in total. The molecule has 2 aromatic carbocycles. The quantitative estimate of drug-likeness (QED) is 0.302. The van der Waals surface area contributed by atoms with Crippen molar-refractivity contribution in [3.63, 3.8) is 0 Å². The van der Waals surface area contributed by atoms with Crippen molar-refractivity contribution in [3.8, 4) is 5.75 Å². The lowest BCUT2D eigenvalue weighted by Crippen LogP contribution is -2.35. The van der Waals surface area contributed by atoms with Gasteiger partial charge in [0.2, 0.25) is 0 Å². The molecule has 2 aliphatic rings. The van der Waals surface area contributed by atoms with Gasteiger partial charge < -0.3 is 18.9 Å². The normalized spacial score (nSPS) is 22.5. The highest BCUT2D eigenvalue weighted by molar-refractivity contribution is 5.80. The minimum absolute atomic E-state index is 0.0465. The lowest BCUT2D eigenvalue weighted by molar-refractivity contribution is -0.164. The molecule has 1 heterocycles. The first kappa shape index (κ1) is 31.9. The summed E-state index contributed by atoms with van der Waals surface area (Å²) >= 11 is 0. The second kappa shape index (κ2) is 15.4. The first-order valence-electron chi connectivity index (χ1n) is 15.3. The van der Waals surface area contributed by atoms with Crippen LogP contribution in [0.4, 0.5) is 4.39 Å². The van der Waals surface area contributed by atoms with Crippen molar-refractivity contribution < 1.29 is 32.9 Å². The van der Waals surface area contributed by atoms with Crippen LogP contribution in [-0.2, 0) is 30.4 Å². The molecule has 0 bridgehead atoms. The zero-order valence-corrected chi connectivity index (χ0v) is 25.2. The summed E-state index contributed by atoms with van der Waals surface area (Å²) in [5.41, 5.74) is 1.87. The Bertz CT molecular complexity index is 1200. The van der Waals surface area contributed by atoms with Crippen molar-refractivity contribution >= 4 is 17.3 Å². The highest BCUT2D eigenvalue weighted by Crippen LogP contribution is 2.37. The van der Waals surface area contributed by atoms with E-state index in [1.165, 1.54) is 6.07 Å². The highest BCUT2D eigenvalue weighted by Gasteiger charge is 2.33. The maximum absolute atomic E-state index is 15.0. The average molecular weight is 581 g/mol. The van der Waals surface area contributed by atoms with Gasteiger partial charge in [0.15, 0.2) is 5.78 Å². The van der Waals surface area contributed by atoms with Crippen molar-refractivity contribution in [2.45, 2.75) is 90.4 Å². The summed E-state index contributed by atoms with van der Waals surface area (Å²) in [5.74, 6) is -0.403. The number of rotatable bonds is 8. The summed E-state index contributed by atoms with van der Waals surface area (Å²) < 4.78 is 38.8. The summed E-state index contributed by atoms with van der Waals surface area (Å²) in [5, 5.41) is 0. The van der Waals surface area contributed by atoms with Gasteiger partial charge in [-0.1, -0.05) is 48.9 Å². The van der Waals surface area contributed by atoms with Gasteiger partial charge in [0.25, 0.3) is 0 Å². The number of ether oxygens (including phenoxy) is 4. The molecule has 2 aromatic rings. The Balaban J connectivity index is 1.42. The third kappa shape index (κ3) is 9.77. The van der Waals surface area contributed by atoms with Gasteiger partial charge in [-0.15, -0.1) is 0 Å². The summed E-state index contributed by atoms with van der Waals surface area (Å²) in [7, 11) is 0. The van der Waals surface area contributed by atoms with Gasteiger partial charge in [-0.3, -0.25) is 9.59 Å². The van der Waals surface area contributed by atoms with E-state index in [-0.39, 0.29) is 42.1 Å². The van der Waals surface area contributed by atoms with Gasteiger partial charge in [-0.05, 0) is 88.5 Å². The van der Waals surface area contributed by atoms with Crippen LogP contribution >= 0.6 is 0 Å². The number of benzene rings is 2. The number of hydrogen-bond acceptors (Lipinski definition) is 6. The van der Waals surface area contributed by atoms with E-state index in [1.54, 1.807) is 6.07 Å². The van der Waals surface area contributed by atoms with Crippen molar-refractivity contribution in [1.82, 2.24) is 0 Å². The molecule has 0 amide bonds. The Labute approximate surface area is 249 Å². The molecule has 1 aliphatic heterocycles. The Morgan fingerprint density at radius 2 is 1.81 bits per heavy atom. The molecule has 42 heavy (non-hydrogen) atoms. The molecule has 0 N–H and O–H groups in total. The smallest absolute Gasteiger partial charge is 0.309 e. The van der Waals surface area contributed by atoms with Crippen molar-refractivity contribution in [2.75, 3.05) is 19.8 Å². The molecule has 3 atom stereocenters. The number of carbonyl (C=O) groups excluding carboxylic acids is 2. The fourth-order valence-corrected chi connectivity index (χ4v) is 5.62.